The molecule has 2 heterocycles. The van der Waals surface area contributed by atoms with Crippen LogP contribution in [0.5, 0.6) is 0 Å². The fraction of sp³-hybridized carbons (Fsp3) is 0.294. The van der Waals surface area contributed by atoms with Crippen molar-refractivity contribution in [2.45, 2.75) is 0 Å². The van der Waals surface area contributed by atoms with Crippen LogP contribution in [0.4, 0.5) is 5.82 Å². The van der Waals surface area contributed by atoms with E-state index in [1.807, 2.05) is 37.4 Å². The van der Waals surface area contributed by atoms with Crippen molar-refractivity contribution >= 4 is 16.8 Å². The Hall–Kier alpha value is -2.40. The molecule has 0 atom stereocenters. The molecule has 0 bridgehead atoms. The first-order chi connectivity index (χ1) is 10.6. The van der Waals surface area contributed by atoms with Crippen LogP contribution >= 0.6 is 0 Å². The molecule has 0 saturated carbocycles. The number of rotatable bonds is 5. The summed E-state index contributed by atoms with van der Waals surface area (Å²) in [5.74, 6) is 1.59. The fourth-order valence-electron chi connectivity index (χ4n) is 2.23. The summed E-state index contributed by atoms with van der Waals surface area (Å²) in [5, 5.41) is 1.07. The second-order valence-electron chi connectivity index (χ2n) is 5.64. The molecule has 3 rings (SSSR count). The zero-order chi connectivity index (χ0) is 15.5. The number of furan rings is 1. The molecule has 3 aromatic rings. The third kappa shape index (κ3) is 3.09. The van der Waals surface area contributed by atoms with E-state index in [0.717, 1.165) is 41.3 Å². The maximum atomic E-state index is 5.86. The predicted octanol–water partition coefficient (Wildman–Crippen LogP) is 2.89. The van der Waals surface area contributed by atoms with Gasteiger partial charge in [-0.1, -0.05) is 18.2 Å². The first-order valence-electron chi connectivity index (χ1n) is 7.30. The van der Waals surface area contributed by atoms with Crippen LogP contribution in [0.3, 0.4) is 0 Å². The van der Waals surface area contributed by atoms with E-state index in [4.69, 9.17) is 4.42 Å². The smallest absolute Gasteiger partial charge is 0.155 e. The summed E-state index contributed by atoms with van der Waals surface area (Å²) in [6.45, 7) is 1.86. The van der Waals surface area contributed by atoms with Crippen LogP contribution in [0.1, 0.15) is 0 Å². The average Bonchev–Trinajstić information content (AvgIpc) is 2.96. The summed E-state index contributed by atoms with van der Waals surface area (Å²) < 4.78 is 5.86. The van der Waals surface area contributed by atoms with Gasteiger partial charge in [-0.15, -0.1) is 0 Å². The van der Waals surface area contributed by atoms with E-state index in [0.29, 0.717) is 0 Å². The molecule has 0 spiro atoms. The largest absolute Gasteiger partial charge is 0.454 e. The van der Waals surface area contributed by atoms with Crippen LogP contribution in [0.25, 0.3) is 22.4 Å². The first-order valence-corrected chi connectivity index (χ1v) is 7.30. The molecule has 0 fully saturated rings. The lowest BCUT2D eigenvalue weighted by molar-refractivity contribution is 0.416. The number of nitrogens with zero attached hydrogens (tertiary/aromatic N) is 4. The molecular weight excluding hydrogens is 276 g/mol. The minimum atomic E-state index is 0.747. The summed E-state index contributed by atoms with van der Waals surface area (Å²) in [6, 6.07) is 9.95. The molecular formula is C17H20N4O. The normalized spacial score (nSPS) is 11.3. The molecule has 5 heteroatoms. The summed E-state index contributed by atoms with van der Waals surface area (Å²) in [7, 11) is 6.14. The Kier molecular flexibility index (Phi) is 4.06. The SMILES string of the molecule is CN(C)CCN(C)c1cncc(-c2cc3ccccc3o2)n1. The van der Waals surface area contributed by atoms with E-state index >= 15 is 0 Å². The summed E-state index contributed by atoms with van der Waals surface area (Å²) in [4.78, 5) is 13.2. The summed E-state index contributed by atoms with van der Waals surface area (Å²) in [6.07, 6.45) is 3.52. The Morgan fingerprint density at radius 1 is 1.05 bits per heavy atom. The van der Waals surface area contributed by atoms with Crippen LogP contribution in [0, 0.1) is 0 Å². The molecule has 5 nitrogen and oxygen atoms in total. The van der Waals surface area contributed by atoms with Gasteiger partial charge in [-0.2, -0.15) is 0 Å². The zero-order valence-electron chi connectivity index (χ0n) is 13.2. The number of likely N-dealkylation sites (N-methyl/N-ethyl adjacent to an activating group) is 2. The standard InChI is InChI=1S/C17H20N4O/c1-20(2)8-9-21(3)17-12-18-11-14(19-17)16-10-13-6-4-5-7-15(13)22-16/h4-7,10-12H,8-9H2,1-3H3. The third-order valence-electron chi connectivity index (χ3n) is 3.57. The Morgan fingerprint density at radius 3 is 2.64 bits per heavy atom. The molecule has 0 saturated heterocycles. The average molecular weight is 296 g/mol. The highest BCUT2D eigenvalue weighted by Gasteiger charge is 2.10. The first kappa shape index (κ1) is 14.5. The minimum Gasteiger partial charge on any atom is -0.454 e. The van der Waals surface area contributed by atoms with Gasteiger partial charge in [0.2, 0.25) is 0 Å². The molecule has 0 aliphatic heterocycles. The minimum absolute atomic E-state index is 0.747. The van der Waals surface area contributed by atoms with Crippen molar-refractivity contribution in [2.24, 2.45) is 0 Å². The van der Waals surface area contributed by atoms with Gasteiger partial charge < -0.3 is 14.2 Å². The number of anilines is 1. The van der Waals surface area contributed by atoms with Gasteiger partial charge in [0.25, 0.3) is 0 Å². The molecule has 114 valence electrons. The molecule has 22 heavy (non-hydrogen) atoms. The second kappa shape index (κ2) is 6.15. The molecule has 0 amide bonds. The van der Waals surface area contributed by atoms with Gasteiger partial charge in [0, 0.05) is 25.5 Å². The fourth-order valence-corrected chi connectivity index (χ4v) is 2.23. The van der Waals surface area contributed by atoms with Crippen molar-refractivity contribution in [3.63, 3.8) is 0 Å². The number of fused-ring (bicyclic) bond motifs is 1. The van der Waals surface area contributed by atoms with Gasteiger partial charge in [0.15, 0.2) is 5.76 Å². The van der Waals surface area contributed by atoms with Crippen molar-refractivity contribution in [1.29, 1.82) is 0 Å². The van der Waals surface area contributed by atoms with E-state index in [1.165, 1.54) is 0 Å². The summed E-state index contributed by atoms with van der Waals surface area (Å²) in [5.41, 5.74) is 1.62. The molecule has 0 radical (unpaired) electrons. The molecule has 0 aliphatic carbocycles. The van der Waals surface area contributed by atoms with Crippen molar-refractivity contribution in [2.75, 3.05) is 39.1 Å². The monoisotopic (exact) mass is 296 g/mol. The van der Waals surface area contributed by atoms with E-state index in [9.17, 15) is 0 Å². The molecule has 2 aromatic heterocycles. The number of hydrogen-bond donors (Lipinski definition) is 0. The van der Waals surface area contributed by atoms with Gasteiger partial charge in [-0.3, -0.25) is 4.98 Å². The third-order valence-corrected chi connectivity index (χ3v) is 3.57. The lowest BCUT2D eigenvalue weighted by atomic mass is 10.2. The molecule has 0 unspecified atom stereocenters. The van der Waals surface area contributed by atoms with Crippen molar-refractivity contribution < 1.29 is 4.42 Å². The van der Waals surface area contributed by atoms with E-state index in [-0.39, 0.29) is 0 Å². The van der Waals surface area contributed by atoms with Crippen LogP contribution in [0.15, 0.2) is 47.1 Å². The lowest BCUT2D eigenvalue weighted by Gasteiger charge is -2.20. The predicted molar refractivity (Wildman–Crippen MR) is 89.1 cm³/mol. The number of para-hydroxylation sites is 1. The Labute approximate surface area is 130 Å². The van der Waals surface area contributed by atoms with Crippen LogP contribution in [0.2, 0.25) is 0 Å². The van der Waals surface area contributed by atoms with E-state index in [2.05, 4.69) is 33.9 Å². The zero-order valence-corrected chi connectivity index (χ0v) is 13.2. The number of hydrogen-bond acceptors (Lipinski definition) is 5. The van der Waals surface area contributed by atoms with Crippen LogP contribution in [-0.4, -0.2) is 49.1 Å². The van der Waals surface area contributed by atoms with Gasteiger partial charge in [0.1, 0.15) is 17.1 Å². The molecule has 0 aliphatic rings. The highest BCUT2D eigenvalue weighted by Crippen LogP contribution is 2.26. The van der Waals surface area contributed by atoms with Crippen molar-refractivity contribution in [3.8, 4) is 11.5 Å². The van der Waals surface area contributed by atoms with Crippen molar-refractivity contribution in [3.05, 3.63) is 42.7 Å². The Balaban J connectivity index is 1.87. The number of benzene rings is 1. The molecule has 0 N–H and O–H groups in total. The van der Waals surface area contributed by atoms with E-state index < -0.39 is 0 Å². The highest BCUT2D eigenvalue weighted by molar-refractivity contribution is 5.82. The van der Waals surface area contributed by atoms with Crippen molar-refractivity contribution in [1.82, 2.24) is 14.9 Å². The Bertz CT molecular complexity index is 733. The van der Waals surface area contributed by atoms with Gasteiger partial charge >= 0.3 is 0 Å². The maximum absolute atomic E-state index is 5.86. The van der Waals surface area contributed by atoms with Crippen LogP contribution in [-0.2, 0) is 0 Å². The maximum Gasteiger partial charge on any atom is 0.155 e. The Morgan fingerprint density at radius 2 is 1.86 bits per heavy atom. The van der Waals surface area contributed by atoms with Gasteiger partial charge in [0.05, 0.1) is 12.4 Å². The quantitative estimate of drug-likeness (QED) is 0.724. The van der Waals surface area contributed by atoms with Crippen LogP contribution < -0.4 is 4.90 Å². The van der Waals surface area contributed by atoms with Gasteiger partial charge in [-0.05, 0) is 26.2 Å². The lowest BCUT2D eigenvalue weighted by Crippen LogP contribution is -2.29. The van der Waals surface area contributed by atoms with E-state index in [1.54, 1.807) is 12.4 Å². The molecule has 1 aromatic carbocycles. The summed E-state index contributed by atoms with van der Waals surface area (Å²) >= 11 is 0. The number of aromatic nitrogens is 2. The second-order valence-corrected chi connectivity index (χ2v) is 5.64. The topological polar surface area (TPSA) is 45.4 Å². The van der Waals surface area contributed by atoms with Gasteiger partial charge in [-0.25, -0.2) is 4.98 Å². The highest BCUT2D eigenvalue weighted by atomic mass is 16.3.